The van der Waals surface area contributed by atoms with Crippen molar-refractivity contribution in [2.75, 3.05) is 18.6 Å². The van der Waals surface area contributed by atoms with Gasteiger partial charge in [-0.25, -0.2) is 0 Å². The third-order valence-electron chi connectivity index (χ3n) is 2.52. The molecule has 0 fully saturated rings. The zero-order chi connectivity index (χ0) is 10.6. The first-order chi connectivity index (χ1) is 6.85. The Hall–Kier alpha value is 0.310. The van der Waals surface area contributed by atoms with Gasteiger partial charge in [-0.3, -0.25) is 0 Å². The number of hydrogen-bond donors (Lipinski definition) is 1. The fourth-order valence-corrected chi connectivity index (χ4v) is 2.42. The Labute approximate surface area is 94.4 Å². The number of unbranched alkanes of at least 4 members (excludes halogenated alkanes) is 4. The summed E-state index contributed by atoms with van der Waals surface area (Å²) in [4.78, 5) is 0. The summed E-state index contributed by atoms with van der Waals surface area (Å²) in [6, 6.07) is 0.747. The maximum atomic E-state index is 3.55. The zero-order valence-corrected chi connectivity index (χ0v) is 11.0. The number of thioether (sulfide) groups is 1. The highest BCUT2D eigenvalue weighted by atomic mass is 32.2. The van der Waals surface area contributed by atoms with Crippen molar-refractivity contribution >= 4 is 11.8 Å². The molecule has 0 rings (SSSR count). The molecule has 2 heteroatoms. The molecule has 1 atom stereocenters. The summed E-state index contributed by atoms with van der Waals surface area (Å²) in [5.74, 6) is 1.27. The van der Waals surface area contributed by atoms with Crippen LogP contribution in [0.25, 0.3) is 0 Å². The molecule has 1 nitrogen and oxygen atoms in total. The normalized spacial score (nSPS) is 13.1. The van der Waals surface area contributed by atoms with Crippen molar-refractivity contribution in [3.05, 3.63) is 0 Å². The predicted octanol–water partition coefficient (Wildman–Crippen LogP) is 3.69. The van der Waals surface area contributed by atoms with Crippen molar-refractivity contribution in [2.45, 2.75) is 58.4 Å². The van der Waals surface area contributed by atoms with Crippen molar-refractivity contribution in [1.82, 2.24) is 5.32 Å². The molecule has 0 spiro atoms. The minimum atomic E-state index is 0.747. The second-order valence-corrected chi connectivity index (χ2v) is 4.82. The van der Waals surface area contributed by atoms with Crippen molar-refractivity contribution < 1.29 is 0 Å². The molecule has 0 bridgehead atoms. The molecule has 1 unspecified atom stereocenters. The van der Waals surface area contributed by atoms with Crippen LogP contribution in [0.2, 0.25) is 0 Å². The van der Waals surface area contributed by atoms with Crippen LogP contribution in [0, 0.1) is 0 Å². The van der Waals surface area contributed by atoms with E-state index in [0.29, 0.717) is 0 Å². The second-order valence-electron chi connectivity index (χ2n) is 3.91. The predicted molar refractivity (Wildman–Crippen MR) is 69.2 cm³/mol. The van der Waals surface area contributed by atoms with Crippen LogP contribution in [-0.2, 0) is 0 Å². The zero-order valence-electron chi connectivity index (χ0n) is 10.1. The number of nitrogens with one attached hydrogen (secondary N) is 1. The Balaban J connectivity index is 3.30. The molecule has 0 aromatic rings. The van der Waals surface area contributed by atoms with E-state index in [2.05, 4.69) is 25.4 Å². The molecule has 0 saturated heterocycles. The molecule has 0 aliphatic carbocycles. The van der Waals surface area contributed by atoms with Gasteiger partial charge in [-0.2, -0.15) is 11.8 Å². The Morgan fingerprint density at radius 3 is 2.36 bits per heavy atom. The first-order valence-electron chi connectivity index (χ1n) is 6.07. The lowest BCUT2D eigenvalue weighted by molar-refractivity contribution is 0.497. The van der Waals surface area contributed by atoms with Crippen LogP contribution < -0.4 is 5.32 Å². The van der Waals surface area contributed by atoms with E-state index in [4.69, 9.17) is 0 Å². The van der Waals surface area contributed by atoms with Gasteiger partial charge in [0.05, 0.1) is 0 Å². The lowest BCUT2D eigenvalue weighted by atomic mass is 10.1. The standard InChI is InChI=1S/C12H27NS/c1-4-6-7-8-9-10-12(11-14-3)13-5-2/h12-13H,4-11H2,1-3H3. The van der Waals surface area contributed by atoms with Crippen LogP contribution >= 0.6 is 11.8 Å². The molecular formula is C12H27NS. The van der Waals surface area contributed by atoms with E-state index in [1.165, 1.54) is 44.3 Å². The molecule has 0 aliphatic heterocycles. The Kier molecular flexibility index (Phi) is 11.6. The topological polar surface area (TPSA) is 12.0 Å². The Morgan fingerprint density at radius 2 is 1.79 bits per heavy atom. The molecule has 0 aromatic carbocycles. The molecule has 0 aliphatic rings. The molecule has 0 saturated carbocycles. The quantitative estimate of drug-likeness (QED) is 0.560. The summed E-state index contributed by atoms with van der Waals surface area (Å²) in [5.41, 5.74) is 0. The van der Waals surface area contributed by atoms with Gasteiger partial charge in [0, 0.05) is 11.8 Å². The Bertz CT molecular complexity index is 100. The van der Waals surface area contributed by atoms with E-state index in [-0.39, 0.29) is 0 Å². The van der Waals surface area contributed by atoms with Crippen molar-refractivity contribution in [1.29, 1.82) is 0 Å². The van der Waals surface area contributed by atoms with Gasteiger partial charge in [0.1, 0.15) is 0 Å². The lowest BCUT2D eigenvalue weighted by Crippen LogP contribution is -2.30. The monoisotopic (exact) mass is 217 g/mol. The molecule has 0 amide bonds. The molecule has 86 valence electrons. The number of rotatable bonds is 10. The maximum absolute atomic E-state index is 3.55. The molecule has 0 aromatic heterocycles. The van der Waals surface area contributed by atoms with Crippen LogP contribution in [-0.4, -0.2) is 24.6 Å². The third-order valence-corrected chi connectivity index (χ3v) is 3.25. The van der Waals surface area contributed by atoms with Gasteiger partial charge in [-0.15, -0.1) is 0 Å². The SMILES string of the molecule is CCCCCCCC(CSC)NCC. The first kappa shape index (κ1) is 14.3. The number of hydrogen-bond acceptors (Lipinski definition) is 2. The van der Waals surface area contributed by atoms with E-state index < -0.39 is 0 Å². The van der Waals surface area contributed by atoms with Gasteiger partial charge in [-0.1, -0.05) is 46.0 Å². The van der Waals surface area contributed by atoms with E-state index in [9.17, 15) is 0 Å². The average Bonchev–Trinajstić information content (AvgIpc) is 2.18. The van der Waals surface area contributed by atoms with Crippen LogP contribution in [0.3, 0.4) is 0 Å². The van der Waals surface area contributed by atoms with E-state index >= 15 is 0 Å². The fraction of sp³-hybridized carbons (Fsp3) is 1.00. The minimum absolute atomic E-state index is 0.747. The largest absolute Gasteiger partial charge is 0.313 e. The van der Waals surface area contributed by atoms with E-state index in [1.54, 1.807) is 0 Å². The van der Waals surface area contributed by atoms with Gasteiger partial charge in [-0.05, 0) is 19.2 Å². The molecular weight excluding hydrogens is 190 g/mol. The molecule has 14 heavy (non-hydrogen) atoms. The van der Waals surface area contributed by atoms with Crippen molar-refractivity contribution in [2.24, 2.45) is 0 Å². The minimum Gasteiger partial charge on any atom is -0.313 e. The van der Waals surface area contributed by atoms with Crippen LogP contribution in [0.5, 0.6) is 0 Å². The van der Waals surface area contributed by atoms with Gasteiger partial charge in [0.15, 0.2) is 0 Å². The first-order valence-corrected chi connectivity index (χ1v) is 7.46. The highest BCUT2D eigenvalue weighted by Crippen LogP contribution is 2.09. The lowest BCUT2D eigenvalue weighted by Gasteiger charge is -2.16. The highest BCUT2D eigenvalue weighted by molar-refractivity contribution is 7.98. The average molecular weight is 217 g/mol. The van der Waals surface area contributed by atoms with Crippen LogP contribution in [0.4, 0.5) is 0 Å². The summed E-state index contributed by atoms with van der Waals surface area (Å²) in [7, 11) is 0. The summed E-state index contributed by atoms with van der Waals surface area (Å²) in [6.07, 6.45) is 10.6. The van der Waals surface area contributed by atoms with Gasteiger partial charge in [0.2, 0.25) is 0 Å². The summed E-state index contributed by atoms with van der Waals surface area (Å²) >= 11 is 1.96. The van der Waals surface area contributed by atoms with E-state index in [0.717, 1.165) is 12.6 Å². The van der Waals surface area contributed by atoms with Gasteiger partial charge >= 0.3 is 0 Å². The second kappa shape index (κ2) is 11.4. The molecule has 0 radical (unpaired) electrons. The van der Waals surface area contributed by atoms with Crippen molar-refractivity contribution in [3.63, 3.8) is 0 Å². The molecule has 0 heterocycles. The molecule has 1 N–H and O–H groups in total. The van der Waals surface area contributed by atoms with Crippen LogP contribution in [0.1, 0.15) is 52.4 Å². The van der Waals surface area contributed by atoms with Crippen molar-refractivity contribution in [3.8, 4) is 0 Å². The third kappa shape index (κ3) is 8.89. The Morgan fingerprint density at radius 1 is 1.07 bits per heavy atom. The summed E-state index contributed by atoms with van der Waals surface area (Å²) in [6.45, 7) is 5.58. The fourth-order valence-electron chi connectivity index (χ4n) is 1.73. The van der Waals surface area contributed by atoms with E-state index in [1.807, 2.05) is 11.8 Å². The summed E-state index contributed by atoms with van der Waals surface area (Å²) in [5, 5.41) is 3.55. The maximum Gasteiger partial charge on any atom is 0.0157 e. The summed E-state index contributed by atoms with van der Waals surface area (Å²) < 4.78 is 0. The van der Waals surface area contributed by atoms with Gasteiger partial charge in [0.25, 0.3) is 0 Å². The van der Waals surface area contributed by atoms with Gasteiger partial charge < -0.3 is 5.32 Å². The smallest absolute Gasteiger partial charge is 0.0157 e. The van der Waals surface area contributed by atoms with Crippen LogP contribution in [0.15, 0.2) is 0 Å². The highest BCUT2D eigenvalue weighted by Gasteiger charge is 2.04.